The number of fused-ring (bicyclic) bond motifs is 1. The molecule has 148 valence electrons. The monoisotopic (exact) mass is 409 g/mol. The zero-order valence-corrected chi connectivity index (χ0v) is 17.0. The normalized spacial score (nSPS) is 11.0. The van der Waals surface area contributed by atoms with Gasteiger partial charge in [0.05, 0.1) is 30.6 Å². The van der Waals surface area contributed by atoms with Gasteiger partial charge < -0.3 is 10.1 Å². The molecule has 4 rings (SSSR count). The molecule has 0 fully saturated rings. The Morgan fingerprint density at radius 1 is 1.10 bits per heavy atom. The van der Waals surface area contributed by atoms with Crippen molar-refractivity contribution in [3.8, 4) is 17.3 Å². The van der Waals surface area contributed by atoms with Gasteiger partial charge in [0.15, 0.2) is 0 Å². The number of anilines is 1. The van der Waals surface area contributed by atoms with E-state index < -0.39 is 5.95 Å². The summed E-state index contributed by atoms with van der Waals surface area (Å²) in [6.45, 7) is 2.85. The largest absolute Gasteiger partial charge is 0.467 e. The molecule has 0 aliphatic heterocycles. The molecule has 1 N–H and O–H groups in total. The molecular weight excluding hydrogens is 389 g/mol. The van der Waals surface area contributed by atoms with Crippen LogP contribution in [0.3, 0.4) is 0 Å². The quantitative estimate of drug-likeness (QED) is 0.448. The molecule has 3 aromatic heterocycles. The van der Waals surface area contributed by atoms with E-state index in [1.165, 1.54) is 16.6 Å². The summed E-state index contributed by atoms with van der Waals surface area (Å²) >= 11 is 1.63. The molecule has 0 bridgehead atoms. The van der Waals surface area contributed by atoms with Crippen molar-refractivity contribution in [1.29, 1.82) is 0 Å². The Kier molecular flexibility index (Phi) is 5.62. The zero-order chi connectivity index (χ0) is 20.2. The lowest BCUT2D eigenvalue weighted by atomic mass is 10.1. The van der Waals surface area contributed by atoms with Crippen LogP contribution in [0.4, 0.5) is 10.2 Å². The number of hydrogen-bond donors (Lipinski definition) is 1. The fourth-order valence-corrected chi connectivity index (χ4v) is 3.92. The Morgan fingerprint density at radius 3 is 2.66 bits per heavy atom. The number of rotatable bonds is 7. The fraction of sp³-hybridized carbons (Fsp3) is 0.238. The van der Waals surface area contributed by atoms with Crippen LogP contribution in [0.1, 0.15) is 16.9 Å². The van der Waals surface area contributed by atoms with Gasteiger partial charge >= 0.3 is 6.01 Å². The van der Waals surface area contributed by atoms with Crippen molar-refractivity contribution < 1.29 is 9.13 Å². The topological polar surface area (TPSA) is 72.8 Å². The Morgan fingerprint density at radius 2 is 1.93 bits per heavy atom. The molecule has 29 heavy (non-hydrogen) atoms. The van der Waals surface area contributed by atoms with E-state index in [9.17, 15) is 4.39 Å². The average Bonchev–Trinajstić information content (AvgIpc) is 3.12. The Hall–Kier alpha value is -3.13. The van der Waals surface area contributed by atoms with Crippen molar-refractivity contribution in [3.05, 3.63) is 59.1 Å². The summed E-state index contributed by atoms with van der Waals surface area (Å²) in [5.41, 5.74) is 2.80. The van der Waals surface area contributed by atoms with E-state index in [4.69, 9.17) is 4.74 Å². The number of methoxy groups -OCH3 is 1. The summed E-state index contributed by atoms with van der Waals surface area (Å²) in [4.78, 5) is 18.7. The summed E-state index contributed by atoms with van der Waals surface area (Å²) < 4.78 is 18.1. The molecule has 0 amide bonds. The first-order valence-electron chi connectivity index (χ1n) is 9.25. The third-order valence-corrected chi connectivity index (χ3v) is 5.43. The molecule has 0 saturated heterocycles. The van der Waals surface area contributed by atoms with Crippen molar-refractivity contribution in [2.24, 2.45) is 0 Å². The maximum absolute atomic E-state index is 12.9. The van der Waals surface area contributed by atoms with E-state index in [1.807, 2.05) is 12.1 Å². The van der Waals surface area contributed by atoms with Gasteiger partial charge in [-0.3, -0.25) is 0 Å². The van der Waals surface area contributed by atoms with Gasteiger partial charge in [-0.2, -0.15) is 14.4 Å². The van der Waals surface area contributed by atoms with Gasteiger partial charge in [-0.1, -0.05) is 24.3 Å². The molecule has 4 aromatic rings. The van der Waals surface area contributed by atoms with Crippen LogP contribution in [-0.2, 0) is 6.42 Å². The smallest absolute Gasteiger partial charge is 0.319 e. The summed E-state index contributed by atoms with van der Waals surface area (Å²) in [7, 11) is 1.58. The highest BCUT2D eigenvalue weighted by molar-refractivity contribution is 7.18. The lowest BCUT2D eigenvalue weighted by Crippen LogP contribution is -2.06. The van der Waals surface area contributed by atoms with Gasteiger partial charge in [-0.15, -0.1) is 11.3 Å². The molecule has 0 radical (unpaired) electrons. The fourth-order valence-electron chi connectivity index (χ4n) is 3.05. The third-order valence-electron chi connectivity index (χ3n) is 4.48. The van der Waals surface area contributed by atoms with Gasteiger partial charge in [0, 0.05) is 17.0 Å². The molecule has 1 aromatic carbocycles. The van der Waals surface area contributed by atoms with Gasteiger partial charge in [0.25, 0.3) is 0 Å². The second-order valence-electron chi connectivity index (χ2n) is 6.59. The van der Waals surface area contributed by atoms with Gasteiger partial charge in [-0.05, 0) is 31.4 Å². The predicted molar refractivity (Wildman–Crippen MR) is 113 cm³/mol. The number of nitrogens with zero attached hydrogens (tertiary/aromatic N) is 4. The van der Waals surface area contributed by atoms with Gasteiger partial charge in [0.2, 0.25) is 5.95 Å². The lowest BCUT2D eigenvalue weighted by molar-refractivity contribution is 0.382. The van der Waals surface area contributed by atoms with Crippen LogP contribution in [0.15, 0.2) is 42.7 Å². The summed E-state index contributed by atoms with van der Waals surface area (Å²) in [6.07, 6.45) is 4.45. The third kappa shape index (κ3) is 4.48. The van der Waals surface area contributed by atoms with E-state index in [2.05, 4.69) is 50.4 Å². The Bertz CT molecular complexity index is 1110. The van der Waals surface area contributed by atoms with Gasteiger partial charge in [0.1, 0.15) is 10.6 Å². The average molecular weight is 409 g/mol. The molecule has 0 aliphatic rings. The first-order chi connectivity index (χ1) is 14.1. The zero-order valence-electron chi connectivity index (χ0n) is 16.1. The number of halogens is 1. The summed E-state index contributed by atoms with van der Waals surface area (Å²) in [5, 5.41) is 4.44. The van der Waals surface area contributed by atoms with E-state index in [-0.39, 0.29) is 0 Å². The SMILES string of the molecule is COc1nc(NCCCc2ccc(-c3cnc(F)cn3)cc2)c2cc(C)sc2n1. The molecule has 6 nitrogen and oxygen atoms in total. The first kappa shape index (κ1) is 19.2. The molecule has 0 saturated carbocycles. The minimum Gasteiger partial charge on any atom is -0.467 e. The van der Waals surface area contributed by atoms with Crippen LogP contribution in [0.5, 0.6) is 6.01 Å². The van der Waals surface area contributed by atoms with Crippen LogP contribution in [0.25, 0.3) is 21.5 Å². The maximum atomic E-state index is 12.9. The van der Waals surface area contributed by atoms with Crippen LogP contribution < -0.4 is 10.1 Å². The number of aryl methyl sites for hydroxylation is 2. The number of thiophene rings is 1. The van der Waals surface area contributed by atoms with Crippen molar-refractivity contribution in [1.82, 2.24) is 19.9 Å². The molecule has 3 heterocycles. The molecule has 8 heteroatoms. The van der Waals surface area contributed by atoms with E-state index in [0.29, 0.717) is 11.7 Å². The van der Waals surface area contributed by atoms with Crippen LogP contribution in [0.2, 0.25) is 0 Å². The van der Waals surface area contributed by atoms with Crippen LogP contribution >= 0.6 is 11.3 Å². The molecule has 0 aliphatic carbocycles. The second kappa shape index (κ2) is 8.48. The van der Waals surface area contributed by atoms with E-state index in [0.717, 1.165) is 47.2 Å². The number of ether oxygens (including phenoxy) is 1. The van der Waals surface area contributed by atoms with E-state index >= 15 is 0 Å². The minimum atomic E-state index is -0.575. The summed E-state index contributed by atoms with van der Waals surface area (Å²) in [5.74, 6) is 0.232. The van der Waals surface area contributed by atoms with E-state index in [1.54, 1.807) is 18.4 Å². The van der Waals surface area contributed by atoms with Crippen molar-refractivity contribution >= 4 is 27.4 Å². The van der Waals surface area contributed by atoms with Crippen molar-refractivity contribution in [2.45, 2.75) is 19.8 Å². The van der Waals surface area contributed by atoms with Crippen LogP contribution in [0, 0.1) is 12.9 Å². The highest BCUT2D eigenvalue weighted by atomic mass is 32.1. The minimum absolute atomic E-state index is 0.376. The Labute approximate surface area is 171 Å². The number of hydrogen-bond acceptors (Lipinski definition) is 7. The predicted octanol–water partition coefficient (Wildman–Crippen LogP) is 4.65. The van der Waals surface area contributed by atoms with Gasteiger partial charge in [-0.25, -0.2) is 9.97 Å². The molecular formula is C21H20FN5OS. The second-order valence-corrected chi connectivity index (χ2v) is 7.82. The highest BCUT2D eigenvalue weighted by Crippen LogP contribution is 2.30. The number of nitrogens with one attached hydrogen (secondary N) is 1. The van der Waals surface area contributed by atoms with Crippen molar-refractivity contribution in [3.63, 3.8) is 0 Å². The maximum Gasteiger partial charge on any atom is 0.319 e. The van der Waals surface area contributed by atoms with Crippen molar-refractivity contribution in [2.75, 3.05) is 19.0 Å². The summed E-state index contributed by atoms with van der Waals surface area (Å²) in [6, 6.07) is 10.6. The number of aromatic nitrogens is 4. The molecule has 0 unspecified atom stereocenters. The highest BCUT2D eigenvalue weighted by Gasteiger charge is 2.10. The first-order valence-corrected chi connectivity index (χ1v) is 10.1. The Balaban J connectivity index is 1.36. The standard InChI is InChI=1S/C21H20FN5OS/c1-13-10-16-19(26-21(28-2)27-20(16)29-13)23-9-3-4-14-5-7-15(8-6-14)17-11-25-18(22)12-24-17/h5-8,10-12H,3-4,9H2,1-2H3,(H,23,26,27). The number of benzene rings is 1. The lowest BCUT2D eigenvalue weighted by Gasteiger charge is -2.08. The molecule has 0 spiro atoms. The van der Waals surface area contributed by atoms with Crippen LogP contribution in [-0.4, -0.2) is 33.6 Å². The molecule has 0 atom stereocenters.